The van der Waals surface area contributed by atoms with Crippen LogP contribution in [0.15, 0.2) is 36.4 Å². The highest BCUT2D eigenvalue weighted by molar-refractivity contribution is 5.45. The Hall–Kier alpha value is -2.70. The maximum atomic E-state index is 13.6. The minimum absolute atomic E-state index is 0.155. The van der Waals surface area contributed by atoms with E-state index in [4.69, 9.17) is 4.74 Å². The van der Waals surface area contributed by atoms with Gasteiger partial charge in [-0.15, -0.1) is 15.3 Å². The molecule has 25 heavy (non-hydrogen) atoms. The summed E-state index contributed by atoms with van der Waals surface area (Å²) < 4.78 is 20.8. The Balaban J connectivity index is 1.71. The predicted molar refractivity (Wildman–Crippen MR) is 94.6 cm³/mol. The van der Waals surface area contributed by atoms with Gasteiger partial charge in [0.05, 0.1) is 6.54 Å². The number of anilines is 1. The van der Waals surface area contributed by atoms with Crippen LogP contribution in [0.2, 0.25) is 0 Å². The Morgan fingerprint density at radius 1 is 1.12 bits per heavy atom. The first kappa shape index (κ1) is 17.1. The van der Waals surface area contributed by atoms with E-state index >= 15 is 0 Å². The summed E-state index contributed by atoms with van der Waals surface area (Å²) in [6, 6.07) is 10.2. The molecule has 0 aliphatic rings. The molecule has 7 heteroatoms. The minimum atomic E-state index is -0.357. The fraction of sp³-hybridized carbons (Fsp3) is 0.389. The number of ether oxygens (including phenoxy) is 1. The highest BCUT2D eigenvalue weighted by Crippen LogP contribution is 2.21. The molecule has 0 atom stereocenters. The van der Waals surface area contributed by atoms with E-state index in [0.29, 0.717) is 18.8 Å². The molecule has 0 aliphatic carbocycles. The Morgan fingerprint density at radius 3 is 2.60 bits per heavy atom. The van der Waals surface area contributed by atoms with E-state index in [0.717, 1.165) is 11.6 Å². The Morgan fingerprint density at radius 2 is 1.88 bits per heavy atom. The van der Waals surface area contributed by atoms with Crippen LogP contribution >= 0.6 is 0 Å². The smallest absolute Gasteiger partial charge is 0.178 e. The third-order valence-corrected chi connectivity index (χ3v) is 3.83. The summed E-state index contributed by atoms with van der Waals surface area (Å²) in [6.45, 7) is 7.14. The lowest BCUT2D eigenvalue weighted by molar-refractivity contribution is 0.309. The van der Waals surface area contributed by atoms with E-state index in [9.17, 15) is 4.39 Å². The first-order chi connectivity index (χ1) is 11.9. The van der Waals surface area contributed by atoms with Crippen LogP contribution in [0.4, 0.5) is 10.2 Å². The second-order valence-corrected chi connectivity index (χ2v) is 6.94. The van der Waals surface area contributed by atoms with Crippen molar-refractivity contribution < 1.29 is 9.13 Å². The summed E-state index contributed by atoms with van der Waals surface area (Å²) in [4.78, 5) is 1.95. The number of para-hydroxylation sites is 1. The lowest BCUT2D eigenvalue weighted by Crippen LogP contribution is -2.26. The molecule has 0 unspecified atom stereocenters. The van der Waals surface area contributed by atoms with Gasteiger partial charge in [0.1, 0.15) is 12.4 Å². The van der Waals surface area contributed by atoms with Crippen LogP contribution in [0, 0.1) is 5.82 Å². The van der Waals surface area contributed by atoms with Crippen LogP contribution in [0.3, 0.4) is 0 Å². The molecule has 6 nitrogen and oxygen atoms in total. The fourth-order valence-electron chi connectivity index (χ4n) is 2.42. The van der Waals surface area contributed by atoms with E-state index in [1.807, 2.05) is 24.1 Å². The number of hydrogen-bond donors (Lipinski definition) is 0. The van der Waals surface area contributed by atoms with Crippen LogP contribution in [-0.2, 0) is 5.41 Å². The number of aromatic nitrogens is 4. The fourth-order valence-corrected chi connectivity index (χ4v) is 2.42. The average Bonchev–Trinajstić information content (AvgIpc) is 2.99. The van der Waals surface area contributed by atoms with Crippen LogP contribution in [0.5, 0.6) is 5.75 Å². The average molecular weight is 343 g/mol. The first-order valence-electron chi connectivity index (χ1n) is 8.17. The minimum Gasteiger partial charge on any atom is -0.489 e. The SMILES string of the molecule is CN(CCOc1ccccc1F)c1ccc2nnc(C(C)(C)C)n2n1. The van der Waals surface area contributed by atoms with Crippen LogP contribution in [-0.4, -0.2) is 40.0 Å². The zero-order chi connectivity index (χ0) is 18.0. The predicted octanol–water partition coefficient (Wildman–Crippen LogP) is 3.08. The Bertz CT molecular complexity index is 871. The molecule has 1 aromatic carbocycles. The van der Waals surface area contributed by atoms with Crippen LogP contribution < -0.4 is 9.64 Å². The van der Waals surface area contributed by atoms with Crippen molar-refractivity contribution in [2.24, 2.45) is 0 Å². The summed E-state index contributed by atoms with van der Waals surface area (Å²) in [6.07, 6.45) is 0. The molecule has 3 rings (SSSR count). The lowest BCUT2D eigenvalue weighted by atomic mass is 9.96. The largest absolute Gasteiger partial charge is 0.489 e. The summed E-state index contributed by atoms with van der Waals surface area (Å²) in [5.41, 5.74) is 0.557. The number of hydrogen-bond acceptors (Lipinski definition) is 5. The molecule has 0 aliphatic heterocycles. The third-order valence-electron chi connectivity index (χ3n) is 3.83. The number of benzene rings is 1. The van der Waals surface area contributed by atoms with E-state index in [-0.39, 0.29) is 17.0 Å². The number of rotatable bonds is 5. The van der Waals surface area contributed by atoms with Crippen molar-refractivity contribution in [1.82, 2.24) is 19.8 Å². The molecule has 2 heterocycles. The maximum absolute atomic E-state index is 13.6. The summed E-state index contributed by atoms with van der Waals surface area (Å²) in [5.74, 6) is 1.48. The first-order valence-corrected chi connectivity index (χ1v) is 8.17. The van der Waals surface area contributed by atoms with Crippen molar-refractivity contribution in [3.8, 4) is 5.75 Å². The number of likely N-dealkylation sites (N-methyl/N-ethyl adjacent to an activating group) is 1. The summed E-state index contributed by atoms with van der Waals surface area (Å²) >= 11 is 0. The van der Waals surface area contributed by atoms with Gasteiger partial charge in [-0.05, 0) is 24.3 Å². The normalized spacial score (nSPS) is 11.7. The van der Waals surface area contributed by atoms with Gasteiger partial charge in [0, 0.05) is 12.5 Å². The van der Waals surface area contributed by atoms with E-state index < -0.39 is 0 Å². The van der Waals surface area contributed by atoms with Crippen molar-refractivity contribution in [2.45, 2.75) is 26.2 Å². The van der Waals surface area contributed by atoms with Gasteiger partial charge in [-0.2, -0.15) is 4.52 Å². The second-order valence-electron chi connectivity index (χ2n) is 6.94. The zero-order valence-electron chi connectivity index (χ0n) is 14.9. The molecule has 3 aromatic rings. The zero-order valence-corrected chi connectivity index (χ0v) is 14.9. The Kier molecular flexibility index (Phi) is 4.57. The van der Waals surface area contributed by atoms with Crippen molar-refractivity contribution >= 4 is 11.5 Å². The molecular formula is C18H22FN5O. The molecule has 0 spiro atoms. The maximum Gasteiger partial charge on any atom is 0.178 e. The molecule has 0 radical (unpaired) electrons. The summed E-state index contributed by atoms with van der Waals surface area (Å²) in [5, 5.41) is 13.0. The van der Waals surface area contributed by atoms with Crippen molar-refractivity contribution in [2.75, 3.05) is 25.1 Å². The lowest BCUT2D eigenvalue weighted by Gasteiger charge is -2.20. The van der Waals surface area contributed by atoms with Gasteiger partial charge in [-0.25, -0.2) is 4.39 Å². The van der Waals surface area contributed by atoms with E-state index in [2.05, 4.69) is 36.1 Å². The molecule has 0 saturated heterocycles. The van der Waals surface area contributed by atoms with Crippen LogP contribution in [0.1, 0.15) is 26.6 Å². The molecule has 0 fully saturated rings. The van der Waals surface area contributed by atoms with Crippen LogP contribution in [0.25, 0.3) is 5.65 Å². The van der Waals surface area contributed by atoms with Crippen molar-refractivity contribution in [3.63, 3.8) is 0 Å². The van der Waals surface area contributed by atoms with Gasteiger partial charge in [-0.1, -0.05) is 32.9 Å². The molecule has 0 amide bonds. The molecule has 132 valence electrons. The second kappa shape index (κ2) is 6.66. The number of halogens is 1. The summed E-state index contributed by atoms with van der Waals surface area (Å²) in [7, 11) is 1.92. The molecular weight excluding hydrogens is 321 g/mol. The standard InChI is InChI=1S/C18H22FN5O/c1-18(2,3)17-21-20-15-9-10-16(22-24(15)17)23(4)11-12-25-14-8-6-5-7-13(14)19/h5-10H,11-12H2,1-4H3. The monoisotopic (exact) mass is 343 g/mol. The van der Waals surface area contributed by atoms with Crippen molar-refractivity contribution in [3.05, 3.63) is 48.0 Å². The molecule has 0 saturated carbocycles. The van der Waals surface area contributed by atoms with E-state index in [1.54, 1.807) is 22.7 Å². The molecule has 0 N–H and O–H groups in total. The van der Waals surface area contributed by atoms with Gasteiger partial charge < -0.3 is 9.64 Å². The van der Waals surface area contributed by atoms with Gasteiger partial charge in [0.25, 0.3) is 0 Å². The van der Waals surface area contributed by atoms with Gasteiger partial charge >= 0.3 is 0 Å². The van der Waals surface area contributed by atoms with Gasteiger partial charge in [-0.3, -0.25) is 0 Å². The molecule has 2 aromatic heterocycles. The quantitative estimate of drug-likeness (QED) is 0.713. The van der Waals surface area contributed by atoms with Gasteiger partial charge in [0.2, 0.25) is 0 Å². The number of fused-ring (bicyclic) bond motifs is 1. The number of nitrogens with zero attached hydrogens (tertiary/aromatic N) is 5. The van der Waals surface area contributed by atoms with E-state index in [1.165, 1.54) is 6.07 Å². The molecule has 0 bridgehead atoms. The third kappa shape index (κ3) is 3.70. The highest BCUT2D eigenvalue weighted by atomic mass is 19.1. The van der Waals surface area contributed by atoms with Gasteiger partial charge in [0.15, 0.2) is 23.0 Å². The van der Waals surface area contributed by atoms with Crippen molar-refractivity contribution in [1.29, 1.82) is 0 Å². The highest BCUT2D eigenvalue weighted by Gasteiger charge is 2.22. The topological polar surface area (TPSA) is 55.5 Å². The Labute approximate surface area is 146 Å².